The molecule has 2 aromatic carbocycles. The van der Waals surface area contributed by atoms with Crippen LogP contribution in [0.15, 0.2) is 48.5 Å². The third-order valence-corrected chi connectivity index (χ3v) is 6.12. The summed E-state index contributed by atoms with van der Waals surface area (Å²) in [6.07, 6.45) is 3.80. The first-order valence-corrected chi connectivity index (χ1v) is 10.3. The maximum absolute atomic E-state index is 12.8. The molecule has 4 rings (SSSR count). The van der Waals surface area contributed by atoms with Gasteiger partial charge < -0.3 is 5.32 Å². The summed E-state index contributed by atoms with van der Waals surface area (Å²) in [6, 6.07) is 18.1. The predicted molar refractivity (Wildman–Crippen MR) is 111 cm³/mol. The van der Waals surface area contributed by atoms with Gasteiger partial charge in [-0.15, -0.1) is 0 Å². The van der Waals surface area contributed by atoms with Gasteiger partial charge in [-0.05, 0) is 67.6 Å². The summed E-state index contributed by atoms with van der Waals surface area (Å²) in [6.45, 7) is 2.62. The van der Waals surface area contributed by atoms with Gasteiger partial charge in [-0.1, -0.05) is 35.9 Å². The van der Waals surface area contributed by atoms with Crippen molar-refractivity contribution in [1.82, 2.24) is 4.90 Å². The molecule has 4 nitrogen and oxygen atoms in total. The average molecular weight is 394 g/mol. The predicted octanol–water partition coefficient (Wildman–Crippen LogP) is 4.75. The number of hydrogen-bond donors (Lipinski definition) is 1. The standard InChI is InChI=1S/C23H24ClN3O/c24-20-7-3-17(4-8-20)14-27-13-1-2-18(15-27)22(28)26-21-9-5-19(6-10-21)23(16-25)11-12-23/h3-10,18H,1-2,11-15H2,(H,26,28)/t18-/m1/s1. The Morgan fingerprint density at radius 3 is 2.54 bits per heavy atom. The van der Waals surface area contributed by atoms with Crippen LogP contribution in [-0.4, -0.2) is 23.9 Å². The normalized spacial score (nSPS) is 20.9. The third-order valence-electron chi connectivity index (χ3n) is 5.86. The van der Waals surface area contributed by atoms with E-state index in [4.69, 9.17) is 11.6 Å². The third kappa shape index (κ3) is 4.22. The van der Waals surface area contributed by atoms with Gasteiger partial charge in [0.25, 0.3) is 0 Å². The van der Waals surface area contributed by atoms with Gasteiger partial charge in [-0.3, -0.25) is 9.69 Å². The van der Waals surface area contributed by atoms with E-state index in [0.717, 1.165) is 61.6 Å². The molecule has 1 aliphatic carbocycles. The van der Waals surface area contributed by atoms with Crippen molar-refractivity contribution in [2.45, 2.75) is 37.6 Å². The van der Waals surface area contributed by atoms with E-state index in [1.807, 2.05) is 48.5 Å². The Balaban J connectivity index is 1.34. The average Bonchev–Trinajstić information content (AvgIpc) is 3.52. The Labute approximate surface area is 171 Å². The molecular formula is C23H24ClN3O. The highest BCUT2D eigenvalue weighted by molar-refractivity contribution is 6.30. The number of carbonyl (C=O) groups excluding carboxylic acids is 1. The number of halogens is 1. The van der Waals surface area contributed by atoms with Crippen molar-refractivity contribution in [3.63, 3.8) is 0 Å². The monoisotopic (exact) mass is 393 g/mol. The van der Waals surface area contributed by atoms with Crippen LogP contribution in [0.3, 0.4) is 0 Å². The van der Waals surface area contributed by atoms with Crippen LogP contribution in [0.2, 0.25) is 5.02 Å². The Hall–Kier alpha value is -2.35. The van der Waals surface area contributed by atoms with E-state index >= 15 is 0 Å². The lowest BCUT2D eigenvalue weighted by molar-refractivity contribution is -0.121. The second kappa shape index (κ2) is 7.95. The molecule has 1 N–H and O–H groups in total. The maximum Gasteiger partial charge on any atom is 0.228 e. The van der Waals surface area contributed by atoms with Crippen LogP contribution in [-0.2, 0) is 16.8 Å². The van der Waals surface area contributed by atoms with Crippen LogP contribution in [0.1, 0.15) is 36.8 Å². The summed E-state index contributed by atoms with van der Waals surface area (Å²) >= 11 is 5.96. The van der Waals surface area contributed by atoms with Gasteiger partial charge in [0.1, 0.15) is 0 Å². The number of hydrogen-bond acceptors (Lipinski definition) is 3. The number of nitriles is 1. The molecule has 0 aromatic heterocycles. The first-order valence-electron chi connectivity index (χ1n) is 9.87. The zero-order chi connectivity index (χ0) is 19.6. The number of piperidine rings is 1. The van der Waals surface area contributed by atoms with Crippen molar-refractivity contribution < 1.29 is 4.79 Å². The van der Waals surface area contributed by atoms with Crippen LogP contribution >= 0.6 is 11.6 Å². The van der Waals surface area contributed by atoms with E-state index in [0.29, 0.717) is 0 Å². The van der Waals surface area contributed by atoms with Crippen molar-refractivity contribution in [2.75, 3.05) is 18.4 Å². The quantitative estimate of drug-likeness (QED) is 0.797. The summed E-state index contributed by atoms with van der Waals surface area (Å²) in [5, 5.41) is 13.1. The van der Waals surface area contributed by atoms with Gasteiger partial charge in [-0.2, -0.15) is 5.26 Å². The molecule has 28 heavy (non-hydrogen) atoms. The molecule has 1 saturated heterocycles. The number of amides is 1. The Kier molecular flexibility index (Phi) is 5.39. The summed E-state index contributed by atoms with van der Waals surface area (Å²) in [5.41, 5.74) is 2.79. The highest BCUT2D eigenvalue weighted by Crippen LogP contribution is 2.47. The molecule has 5 heteroatoms. The zero-order valence-electron chi connectivity index (χ0n) is 15.8. The van der Waals surface area contributed by atoms with Crippen LogP contribution in [0, 0.1) is 17.2 Å². The molecule has 1 atom stereocenters. The number of benzene rings is 2. The molecule has 144 valence electrons. The molecule has 0 radical (unpaired) electrons. The van der Waals surface area contributed by atoms with Crippen molar-refractivity contribution >= 4 is 23.2 Å². The smallest absolute Gasteiger partial charge is 0.228 e. The number of rotatable bonds is 5. The summed E-state index contributed by atoms with van der Waals surface area (Å²) in [7, 11) is 0. The van der Waals surface area contributed by atoms with E-state index < -0.39 is 0 Å². The Morgan fingerprint density at radius 2 is 1.89 bits per heavy atom. The first-order chi connectivity index (χ1) is 13.6. The minimum absolute atomic E-state index is 0.00499. The molecule has 0 spiro atoms. The van der Waals surface area contributed by atoms with E-state index in [9.17, 15) is 10.1 Å². The molecule has 1 aliphatic heterocycles. The van der Waals surface area contributed by atoms with Crippen molar-refractivity contribution in [2.24, 2.45) is 5.92 Å². The van der Waals surface area contributed by atoms with E-state index in [1.165, 1.54) is 5.56 Å². The number of nitrogens with zero attached hydrogens (tertiary/aromatic N) is 2. The van der Waals surface area contributed by atoms with Gasteiger partial charge in [0.05, 0.1) is 17.4 Å². The van der Waals surface area contributed by atoms with E-state index in [2.05, 4.69) is 16.3 Å². The van der Waals surface area contributed by atoms with Gasteiger partial charge in [0.2, 0.25) is 5.91 Å². The fourth-order valence-electron chi connectivity index (χ4n) is 3.97. The van der Waals surface area contributed by atoms with Crippen molar-refractivity contribution in [3.8, 4) is 6.07 Å². The lowest BCUT2D eigenvalue weighted by atomic mass is 9.96. The summed E-state index contributed by atoms with van der Waals surface area (Å²) in [4.78, 5) is 15.1. The Bertz CT molecular complexity index is 882. The maximum atomic E-state index is 12.8. The first kappa shape index (κ1) is 19.0. The van der Waals surface area contributed by atoms with Crippen molar-refractivity contribution in [1.29, 1.82) is 5.26 Å². The molecule has 2 aromatic rings. The van der Waals surface area contributed by atoms with Crippen LogP contribution in [0.5, 0.6) is 0 Å². The molecule has 1 amide bonds. The van der Waals surface area contributed by atoms with Crippen LogP contribution in [0.4, 0.5) is 5.69 Å². The molecule has 2 aliphatic rings. The van der Waals surface area contributed by atoms with Crippen LogP contribution in [0.25, 0.3) is 0 Å². The summed E-state index contributed by atoms with van der Waals surface area (Å²) in [5.74, 6) is 0.0737. The Morgan fingerprint density at radius 1 is 1.18 bits per heavy atom. The molecule has 1 saturated carbocycles. The number of nitrogens with one attached hydrogen (secondary N) is 1. The van der Waals surface area contributed by atoms with E-state index in [-0.39, 0.29) is 17.2 Å². The fraction of sp³-hybridized carbons (Fsp3) is 0.391. The molecule has 0 unspecified atom stereocenters. The highest BCUT2D eigenvalue weighted by atomic mass is 35.5. The zero-order valence-corrected chi connectivity index (χ0v) is 16.6. The lowest BCUT2D eigenvalue weighted by Crippen LogP contribution is -2.40. The van der Waals surface area contributed by atoms with Gasteiger partial charge >= 0.3 is 0 Å². The summed E-state index contributed by atoms with van der Waals surface area (Å²) < 4.78 is 0. The van der Waals surface area contributed by atoms with E-state index in [1.54, 1.807) is 0 Å². The van der Waals surface area contributed by atoms with Gasteiger partial charge in [0.15, 0.2) is 0 Å². The largest absolute Gasteiger partial charge is 0.326 e. The van der Waals surface area contributed by atoms with Crippen molar-refractivity contribution in [3.05, 3.63) is 64.7 Å². The second-order valence-electron chi connectivity index (χ2n) is 7.96. The molecule has 0 bridgehead atoms. The highest BCUT2D eigenvalue weighted by Gasteiger charge is 2.44. The fourth-order valence-corrected chi connectivity index (χ4v) is 4.09. The van der Waals surface area contributed by atoms with Crippen LogP contribution < -0.4 is 5.32 Å². The SMILES string of the molecule is N#CC1(c2ccc(NC(=O)[C@@H]3CCCN(Cc4ccc(Cl)cc4)C3)cc2)CC1. The number of likely N-dealkylation sites (tertiary alicyclic amines) is 1. The second-order valence-corrected chi connectivity index (χ2v) is 8.40. The van der Waals surface area contributed by atoms with Gasteiger partial charge in [0, 0.05) is 23.8 Å². The molecular weight excluding hydrogens is 370 g/mol. The van der Waals surface area contributed by atoms with Gasteiger partial charge in [-0.25, -0.2) is 0 Å². The minimum Gasteiger partial charge on any atom is -0.326 e. The minimum atomic E-state index is -0.284. The number of anilines is 1. The number of carbonyl (C=O) groups is 1. The topological polar surface area (TPSA) is 56.1 Å². The lowest BCUT2D eigenvalue weighted by Gasteiger charge is -2.32. The molecule has 1 heterocycles. The molecule has 2 fully saturated rings.